The third-order valence-electron chi connectivity index (χ3n) is 4.46. The summed E-state index contributed by atoms with van der Waals surface area (Å²) < 4.78 is 5.37. The number of fused-ring (bicyclic) bond motifs is 1. The van der Waals surface area contributed by atoms with Gasteiger partial charge in [-0.2, -0.15) is 4.98 Å². The van der Waals surface area contributed by atoms with Crippen LogP contribution in [0.25, 0.3) is 21.6 Å². The maximum Gasteiger partial charge on any atom is 0.270 e. The van der Waals surface area contributed by atoms with Crippen LogP contribution >= 0.6 is 11.3 Å². The van der Waals surface area contributed by atoms with E-state index in [4.69, 9.17) is 4.52 Å². The molecule has 0 saturated carbocycles. The van der Waals surface area contributed by atoms with Gasteiger partial charge in [0.2, 0.25) is 11.7 Å². The first-order valence-electron chi connectivity index (χ1n) is 8.02. The summed E-state index contributed by atoms with van der Waals surface area (Å²) in [4.78, 5) is 23.0. The fourth-order valence-corrected chi connectivity index (χ4v) is 3.72. The Morgan fingerprint density at radius 2 is 2.12 bits per heavy atom. The Kier molecular flexibility index (Phi) is 3.21. The molecule has 1 aliphatic rings. The number of hydrogen-bond acceptors (Lipinski definition) is 5. The molecule has 4 heterocycles. The van der Waals surface area contributed by atoms with E-state index in [1.165, 1.54) is 0 Å². The van der Waals surface area contributed by atoms with E-state index in [0.29, 0.717) is 30.5 Å². The number of aromatic nitrogens is 3. The molecule has 0 radical (unpaired) electrons. The molecule has 124 valence electrons. The first-order chi connectivity index (χ1) is 12.3. The monoisotopic (exact) mass is 350 g/mol. The van der Waals surface area contributed by atoms with Gasteiger partial charge in [-0.25, -0.2) is 0 Å². The maximum absolute atomic E-state index is 12.6. The molecular formula is C18H14N4O2S. The Morgan fingerprint density at radius 3 is 2.92 bits per heavy atom. The molecular weight excluding hydrogens is 336 g/mol. The Hall–Kier alpha value is -2.93. The van der Waals surface area contributed by atoms with Gasteiger partial charge in [0.25, 0.3) is 5.91 Å². The van der Waals surface area contributed by atoms with Crippen molar-refractivity contribution >= 4 is 28.1 Å². The Morgan fingerprint density at radius 1 is 1.24 bits per heavy atom. The number of likely N-dealkylation sites (tertiary alicyclic amines) is 1. The summed E-state index contributed by atoms with van der Waals surface area (Å²) in [6.07, 6.45) is 0. The zero-order valence-corrected chi connectivity index (χ0v) is 14.0. The van der Waals surface area contributed by atoms with Gasteiger partial charge in [-0.15, -0.1) is 11.3 Å². The Balaban J connectivity index is 1.29. The van der Waals surface area contributed by atoms with Crippen LogP contribution in [0, 0.1) is 0 Å². The van der Waals surface area contributed by atoms with Crippen molar-refractivity contribution < 1.29 is 9.32 Å². The fraction of sp³-hybridized carbons (Fsp3) is 0.167. The number of amides is 1. The fourth-order valence-electron chi connectivity index (χ4n) is 3.07. The van der Waals surface area contributed by atoms with Crippen molar-refractivity contribution in [2.45, 2.75) is 5.92 Å². The van der Waals surface area contributed by atoms with Gasteiger partial charge >= 0.3 is 0 Å². The molecule has 0 aliphatic carbocycles. The van der Waals surface area contributed by atoms with Crippen LogP contribution in [-0.4, -0.2) is 39.0 Å². The lowest BCUT2D eigenvalue weighted by Gasteiger charge is -2.36. The van der Waals surface area contributed by atoms with Gasteiger partial charge in [-0.3, -0.25) is 4.79 Å². The molecule has 5 rings (SSSR count). The SMILES string of the molecule is O=C(c1cc2ccccc2[nH]1)N1CC(c2nc(-c3cccs3)no2)C1. The van der Waals surface area contributed by atoms with Gasteiger partial charge in [-0.1, -0.05) is 29.4 Å². The third-order valence-corrected chi connectivity index (χ3v) is 5.33. The van der Waals surface area contributed by atoms with Crippen molar-refractivity contribution in [3.05, 3.63) is 59.4 Å². The summed E-state index contributed by atoms with van der Waals surface area (Å²) in [6.45, 7) is 1.19. The molecule has 1 aromatic carbocycles. The number of H-pyrrole nitrogens is 1. The minimum atomic E-state index is 0.00504. The lowest BCUT2D eigenvalue weighted by atomic mass is 9.99. The first-order valence-corrected chi connectivity index (χ1v) is 8.90. The number of benzene rings is 1. The summed E-state index contributed by atoms with van der Waals surface area (Å²) >= 11 is 1.58. The Labute approximate surface area is 147 Å². The molecule has 0 atom stereocenters. The van der Waals surface area contributed by atoms with Crippen LogP contribution in [-0.2, 0) is 0 Å². The molecule has 1 amide bonds. The van der Waals surface area contributed by atoms with Crippen LogP contribution in [0.4, 0.5) is 0 Å². The molecule has 6 nitrogen and oxygen atoms in total. The highest BCUT2D eigenvalue weighted by Gasteiger charge is 2.36. The molecule has 0 spiro atoms. The summed E-state index contributed by atoms with van der Waals surface area (Å²) in [5, 5.41) is 7.06. The van der Waals surface area contributed by atoms with Gasteiger partial charge in [0.1, 0.15) is 5.69 Å². The smallest absolute Gasteiger partial charge is 0.270 e. The minimum Gasteiger partial charge on any atom is -0.351 e. The van der Waals surface area contributed by atoms with Gasteiger partial charge < -0.3 is 14.4 Å². The number of carbonyl (C=O) groups is 1. The number of aromatic amines is 1. The van der Waals surface area contributed by atoms with Gasteiger partial charge in [0.15, 0.2) is 0 Å². The highest BCUT2D eigenvalue weighted by molar-refractivity contribution is 7.13. The van der Waals surface area contributed by atoms with Crippen LogP contribution in [0.15, 0.2) is 52.4 Å². The maximum atomic E-state index is 12.6. The van der Waals surface area contributed by atoms with Crippen LogP contribution in [0.5, 0.6) is 0 Å². The lowest BCUT2D eigenvalue weighted by molar-refractivity contribution is 0.0564. The van der Waals surface area contributed by atoms with E-state index >= 15 is 0 Å². The van der Waals surface area contributed by atoms with Crippen molar-refractivity contribution in [1.82, 2.24) is 20.0 Å². The molecule has 3 aromatic heterocycles. The average molecular weight is 350 g/mol. The molecule has 1 aliphatic heterocycles. The number of hydrogen-bond donors (Lipinski definition) is 1. The second kappa shape index (κ2) is 5.56. The average Bonchev–Trinajstić information content (AvgIpc) is 3.32. The zero-order valence-electron chi connectivity index (χ0n) is 13.2. The first kappa shape index (κ1) is 14.4. The van der Waals surface area contributed by atoms with Crippen LogP contribution in [0.2, 0.25) is 0 Å². The molecule has 1 saturated heterocycles. The number of carbonyl (C=O) groups excluding carboxylic acids is 1. The number of thiophene rings is 1. The predicted molar refractivity (Wildman–Crippen MR) is 94.6 cm³/mol. The largest absolute Gasteiger partial charge is 0.351 e. The molecule has 0 unspecified atom stereocenters. The highest BCUT2D eigenvalue weighted by atomic mass is 32.1. The summed E-state index contributed by atoms with van der Waals surface area (Å²) in [5.74, 6) is 1.33. The number of para-hydroxylation sites is 1. The molecule has 25 heavy (non-hydrogen) atoms. The standard InChI is InChI=1S/C18H14N4O2S/c23-18(14-8-11-4-1-2-5-13(11)19-14)22-9-12(10-22)17-20-16(21-24-17)15-6-3-7-25-15/h1-8,12,19H,9-10H2. The van der Waals surface area contributed by atoms with Crippen molar-refractivity contribution in [3.63, 3.8) is 0 Å². The lowest BCUT2D eigenvalue weighted by Crippen LogP contribution is -2.48. The van der Waals surface area contributed by atoms with Crippen LogP contribution < -0.4 is 0 Å². The molecule has 1 N–H and O–H groups in total. The molecule has 4 aromatic rings. The van der Waals surface area contributed by atoms with Crippen molar-refractivity contribution in [3.8, 4) is 10.7 Å². The minimum absolute atomic E-state index is 0.00504. The normalized spacial score (nSPS) is 14.8. The predicted octanol–water partition coefficient (Wildman–Crippen LogP) is 3.52. The van der Waals surface area contributed by atoms with Crippen molar-refractivity contribution in [2.75, 3.05) is 13.1 Å². The van der Waals surface area contributed by atoms with E-state index in [1.807, 2.05) is 47.8 Å². The zero-order chi connectivity index (χ0) is 16.8. The van der Waals surface area contributed by atoms with Gasteiger partial charge in [0.05, 0.1) is 10.8 Å². The second-order valence-electron chi connectivity index (χ2n) is 6.11. The van der Waals surface area contributed by atoms with Crippen LogP contribution in [0.1, 0.15) is 22.3 Å². The Bertz CT molecular complexity index is 1010. The van der Waals surface area contributed by atoms with Gasteiger partial charge in [-0.05, 0) is 23.6 Å². The van der Waals surface area contributed by atoms with E-state index in [-0.39, 0.29) is 11.8 Å². The topological polar surface area (TPSA) is 75.0 Å². The van der Waals surface area contributed by atoms with Crippen molar-refractivity contribution in [1.29, 1.82) is 0 Å². The number of rotatable bonds is 3. The van der Waals surface area contributed by atoms with E-state index in [1.54, 1.807) is 16.2 Å². The van der Waals surface area contributed by atoms with E-state index in [9.17, 15) is 4.79 Å². The third kappa shape index (κ3) is 2.44. The van der Waals surface area contributed by atoms with Gasteiger partial charge in [0, 0.05) is 24.0 Å². The number of nitrogens with zero attached hydrogens (tertiary/aromatic N) is 3. The molecule has 7 heteroatoms. The summed E-state index contributed by atoms with van der Waals surface area (Å²) in [5.41, 5.74) is 1.59. The molecule has 1 fully saturated rings. The van der Waals surface area contributed by atoms with E-state index < -0.39 is 0 Å². The van der Waals surface area contributed by atoms with E-state index in [2.05, 4.69) is 15.1 Å². The molecule has 0 bridgehead atoms. The van der Waals surface area contributed by atoms with Crippen LogP contribution in [0.3, 0.4) is 0 Å². The quantitative estimate of drug-likeness (QED) is 0.613. The van der Waals surface area contributed by atoms with Crippen molar-refractivity contribution in [2.24, 2.45) is 0 Å². The summed E-state index contributed by atoms with van der Waals surface area (Å²) in [7, 11) is 0. The second-order valence-corrected chi connectivity index (χ2v) is 7.06. The number of nitrogens with one attached hydrogen (secondary N) is 1. The highest BCUT2D eigenvalue weighted by Crippen LogP contribution is 2.30. The summed E-state index contributed by atoms with van der Waals surface area (Å²) in [6, 6.07) is 13.7. The van der Waals surface area contributed by atoms with E-state index in [0.717, 1.165) is 15.8 Å².